The van der Waals surface area contributed by atoms with Crippen molar-refractivity contribution in [2.45, 2.75) is 52.1 Å². The molecule has 3 rings (SSSR count). The summed E-state index contributed by atoms with van der Waals surface area (Å²) in [5, 5.41) is 2.93. The van der Waals surface area contributed by atoms with Gasteiger partial charge in [0.05, 0.1) is 5.69 Å². The quantitative estimate of drug-likeness (QED) is 0.748. The van der Waals surface area contributed by atoms with Crippen LogP contribution in [0.25, 0.3) is 0 Å². The summed E-state index contributed by atoms with van der Waals surface area (Å²) in [4.78, 5) is 20.7. The number of carbonyl (C=O) groups excluding carboxylic acids is 1. The summed E-state index contributed by atoms with van der Waals surface area (Å²) in [5.74, 6) is 0.0605. The highest BCUT2D eigenvalue weighted by atomic mass is 32.1. The zero-order chi connectivity index (χ0) is 17.6. The zero-order valence-electron chi connectivity index (χ0n) is 15.1. The van der Waals surface area contributed by atoms with Gasteiger partial charge >= 0.3 is 0 Å². The van der Waals surface area contributed by atoms with E-state index in [0.29, 0.717) is 12.6 Å². The number of rotatable bonds is 7. The lowest BCUT2D eigenvalue weighted by Crippen LogP contribution is -2.30. The van der Waals surface area contributed by atoms with E-state index >= 15 is 0 Å². The Labute approximate surface area is 154 Å². The molecule has 25 heavy (non-hydrogen) atoms. The smallest absolute Gasteiger partial charge is 0.225 e. The van der Waals surface area contributed by atoms with Crippen LogP contribution in [0.4, 0.5) is 5.13 Å². The van der Waals surface area contributed by atoms with Crippen molar-refractivity contribution < 1.29 is 4.79 Å². The molecule has 0 spiro atoms. The molecule has 1 aliphatic heterocycles. The van der Waals surface area contributed by atoms with E-state index in [1.807, 2.05) is 6.92 Å². The molecule has 1 amide bonds. The molecule has 2 heterocycles. The Morgan fingerprint density at radius 3 is 2.88 bits per heavy atom. The second-order valence-electron chi connectivity index (χ2n) is 6.68. The van der Waals surface area contributed by atoms with Crippen LogP contribution in [0.15, 0.2) is 35.7 Å². The molecule has 1 aliphatic rings. The SMILES string of the molecule is CCN(C(C)=O)c1nc(CN2CCC[C@@H]2CCc2ccccc2)cs1. The zero-order valence-corrected chi connectivity index (χ0v) is 16.0. The average Bonchev–Trinajstić information content (AvgIpc) is 3.24. The van der Waals surface area contributed by atoms with Crippen LogP contribution < -0.4 is 4.90 Å². The molecule has 0 aliphatic carbocycles. The number of amides is 1. The molecule has 0 radical (unpaired) electrons. The van der Waals surface area contributed by atoms with Crippen molar-refractivity contribution in [1.29, 1.82) is 0 Å². The Morgan fingerprint density at radius 2 is 2.16 bits per heavy atom. The van der Waals surface area contributed by atoms with Gasteiger partial charge in [0.1, 0.15) is 0 Å². The van der Waals surface area contributed by atoms with Gasteiger partial charge in [-0.15, -0.1) is 11.3 Å². The van der Waals surface area contributed by atoms with Crippen LogP contribution >= 0.6 is 11.3 Å². The van der Waals surface area contributed by atoms with Crippen LogP contribution in [-0.2, 0) is 17.8 Å². The van der Waals surface area contributed by atoms with Gasteiger partial charge in [0.25, 0.3) is 0 Å². The van der Waals surface area contributed by atoms with E-state index in [2.05, 4.69) is 40.6 Å². The lowest BCUT2D eigenvalue weighted by molar-refractivity contribution is -0.116. The average molecular weight is 358 g/mol. The maximum absolute atomic E-state index is 11.7. The van der Waals surface area contributed by atoms with Crippen molar-refractivity contribution in [2.75, 3.05) is 18.0 Å². The highest BCUT2D eigenvalue weighted by molar-refractivity contribution is 7.14. The molecule has 1 atom stereocenters. The Hall–Kier alpha value is -1.72. The predicted octanol–water partition coefficient (Wildman–Crippen LogP) is 4.11. The third-order valence-electron chi connectivity index (χ3n) is 4.94. The molecule has 1 fully saturated rings. The standard InChI is InChI=1S/C20H27N3OS/c1-3-23(16(2)24)20-21-18(15-25-20)14-22-13-7-10-19(22)12-11-17-8-5-4-6-9-17/h4-6,8-9,15,19H,3,7,10-14H2,1-2H3/t19-/m1/s1. The minimum absolute atomic E-state index is 0.0605. The van der Waals surface area contributed by atoms with Crippen LogP contribution in [0.5, 0.6) is 0 Å². The predicted molar refractivity (Wildman–Crippen MR) is 104 cm³/mol. The van der Waals surface area contributed by atoms with Crippen molar-refractivity contribution in [2.24, 2.45) is 0 Å². The molecular formula is C20H27N3OS. The molecule has 4 nitrogen and oxygen atoms in total. The summed E-state index contributed by atoms with van der Waals surface area (Å²) in [5.41, 5.74) is 2.51. The maximum Gasteiger partial charge on any atom is 0.225 e. The maximum atomic E-state index is 11.7. The Morgan fingerprint density at radius 1 is 1.36 bits per heavy atom. The van der Waals surface area contributed by atoms with Gasteiger partial charge in [0.15, 0.2) is 5.13 Å². The van der Waals surface area contributed by atoms with Crippen molar-refractivity contribution in [3.8, 4) is 0 Å². The number of benzene rings is 1. The largest absolute Gasteiger partial charge is 0.295 e. The molecule has 0 saturated carbocycles. The first kappa shape index (κ1) is 18.1. The van der Waals surface area contributed by atoms with E-state index in [1.54, 1.807) is 23.2 Å². The summed E-state index contributed by atoms with van der Waals surface area (Å²) in [6.45, 7) is 6.31. The number of anilines is 1. The number of likely N-dealkylation sites (tertiary alicyclic amines) is 1. The van der Waals surface area contributed by atoms with E-state index in [-0.39, 0.29) is 5.91 Å². The monoisotopic (exact) mass is 357 g/mol. The van der Waals surface area contributed by atoms with Crippen LogP contribution in [0.2, 0.25) is 0 Å². The Balaban J connectivity index is 1.58. The summed E-state index contributed by atoms with van der Waals surface area (Å²) in [6, 6.07) is 11.4. The Kier molecular flexibility index (Phi) is 6.21. The molecule has 1 saturated heterocycles. The van der Waals surface area contributed by atoms with Gasteiger partial charge in [-0.05, 0) is 44.7 Å². The molecule has 1 aromatic carbocycles. The summed E-state index contributed by atoms with van der Waals surface area (Å²) >= 11 is 1.57. The highest BCUT2D eigenvalue weighted by Crippen LogP contribution is 2.26. The number of thiazole rings is 1. The third-order valence-corrected chi connectivity index (χ3v) is 5.85. The van der Waals surface area contributed by atoms with Gasteiger partial charge < -0.3 is 0 Å². The van der Waals surface area contributed by atoms with Crippen molar-refractivity contribution in [3.05, 3.63) is 47.0 Å². The van der Waals surface area contributed by atoms with Crippen LogP contribution in [0, 0.1) is 0 Å². The first-order valence-electron chi connectivity index (χ1n) is 9.18. The Bertz CT molecular complexity index is 685. The number of hydrogen-bond donors (Lipinski definition) is 0. The van der Waals surface area contributed by atoms with E-state index in [0.717, 1.165) is 30.3 Å². The fourth-order valence-corrected chi connectivity index (χ4v) is 4.53. The van der Waals surface area contributed by atoms with Crippen molar-refractivity contribution in [3.63, 3.8) is 0 Å². The second-order valence-corrected chi connectivity index (χ2v) is 7.51. The fourth-order valence-electron chi connectivity index (χ4n) is 3.60. The molecular weight excluding hydrogens is 330 g/mol. The molecule has 1 aromatic heterocycles. The lowest BCUT2D eigenvalue weighted by atomic mass is 10.0. The van der Waals surface area contributed by atoms with Gasteiger partial charge in [-0.25, -0.2) is 4.98 Å². The van der Waals surface area contributed by atoms with Crippen LogP contribution in [0.1, 0.15) is 44.4 Å². The number of aryl methyl sites for hydroxylation is 1. The molecule has 0 unspecified atom stereocenters. The van der Waals surface area contributed by atoms with E-state index in [9.17, 15) is 4.79 Å². The van der Waals surface area contributed by atoms with Gasteiger partial charge in [-0.2, -0.15) is 0 Å². The topological polar surface area (TPSA) is 36.4 Å². The molecule has 0 N–H and O–H groups in total. The van der Waals surface area contributed by atoms with Gasteiger partial charge in [-0.3, -0.25) is 14.6 Å². The first-order chi connectivity index (χ1) is 12.2. The van der Waals surface area contributed by atoms with Crippen molar-refractivity contribution in [1.82, 2.24) is 9.88 Å². The molecule has 0 bridgehead atoms. The third kappa shape index (κ3) is 4.67. The van der Waals surface area contributed by atoms with Crippen LogP contribution in [-0.4, -0.2) is 34.9 Å². The summed E-state index contributed by atoms with van der Waals surface area (Å²) in [7, 11) is 0. The highest BCUT2D eigenvalue weighted by Gasteiger charge is 2.25. The van der Waals surface area contributed by atoms with E-state index in [1.165, 1.54) is 24.8 Å². The molecule has 2 aromatic rings. The fraction of sp³-hybridized carbons (Fsp3) is 0.500. The lowest BCUT2D eigenvalue weighted by Gasteiger charge is -2.23. The van der Waals surface area contributed by atoms with Gasteiger partial charge in [0.2, 0.25) is 5.91 Å². The molecule has 5 heteroatoms. The van der Waals surface area contributed by atoms with Crippen molar-refractivity contribution >= 4 is 22.4 Å². The van der Waals surface area contributed by atoms with E-state index < -0.39 is 0 Å². The minimum Gasteiger partial charge on any atom is -0.295 e. The van der Waals surface area contributed by atoms with Gasteiger partial charge in [0, 0.05) is 31.4 Å². The summed E-state index contributed by atoms with van der Waals surface area (Å²) in [6.07, 6.45) is 4.89. The second kappa shape index (κ2) is 8.59. The van der Waals surface area contributed by atoms with E-state index in [4.69, 9.17) is 4.98 Å². The summed E-state index contributed by atoms with van der Waals surface area (Å²) < 4.78 is 0. The normalized spacial score (nSPS) is 17.8. The number of nitrogens with zero attached hydrogens (tertiary/aromatic N) is 3. The number of aromatic nitrogens is 1. The molecule has 134 valence electrons. The van der Waals surface area contributed by atoms with Gasteiger partial charge in [-0.1, -0.05) is 30.3 Å². The number of hydrogen-bond acceptors (Lipinski definition) is 4. The number of carbonyl (C=O) groups is 1. The first-order valence-corrected chi connectivity index (χ1v) is 10.1. The minimum atomic E-state index is 0.0605. The van der Waals surface area contributed by atoms with Crippen LogP contribution in [0.3, 0.4) is 0 Å².